The average molecular weight is 463 g/mol. The van der Waals surface area contributed by atoms with Gasteiger partial charge in [-0.2, -0.15) is 0 Å². The maximum Gasteiger partial charge on any atom is 0.236 e. The number of carbonyl (C=O) groups is 1. The second kappa shape index (κ2) is 9.53. The van der Waals surface area contributed by atoms with Crippen LogP contribution < -0.4 is 10.6 Å². The fourth-order valence-corrected chi connectivity index (χ4v) is 6.54. The smallest absolute Gasteiger partial charge is 0.236 e. The molecule has 0 aliphatic carbocycles. The molecule has 3 heterocycles. The molecule has 0 spiro atoms. The number of aromatic nitrogens is 1. The normalized spacial score (nSPS) is 21.9. The predicted molar refractivity (Wildman–Crippen MR) is 138 cm³/mol. The number of rotatable bonds is 7. The maximum atomic E-state index is 12.7. The van der Waals surface area contributed by atoms with Crippen molar-refractivity contribution in [1.82, 2.24) is 20.1 Å². The summed E-state index contributed by atoms with van der Waals surface area (Å²) in [5.74, 6) is 0.412. The van der Waals surface area contributed by atoms with Crippen LogP contribution in [0.1, 0.15) is 38.2 Å². The zero-order valence-corrected chi connectivity index (χ0v) is 20.4. The Morgan fingerprint density at radius 3 is 2.52 bits per heavy atom. The van der Waals surface area contributed by atoms with Gasteiger partial charge in [0.1, 0.15) is 0 Å². The van der Waals surface area contributed by atoms with Crippen LogP contribution in [-0.2, 0) is 4.79 Å². The molecular weight excluding hydrogens is 428 g/mol. The molecule has 1 aromatic heterocycles. The summed E-state index contributed by atoms with van der Waals surface area (Å²) in [6, 6.07) is 19.2. The van der Waals surface area contributed by atoms with Crippen LogP contribution in [0.5, 0.6) is 0 Å². The molecule has 6 heteroatoms. The minimum absolute atomic E-state index is 0.0885. The molecule has 0 bridgehead atoms. The van der Waals surface area contributed by atoms with Crippen LogP contribution in [0.15, 0.2) is 60.8 Å². The van der Waals surface area contributed by atoms with Crippen molar-refractivity contribution < 1.29 is 4.79 Å². The number of carbonyl (C=O) groups excluding carboxylic acids is 1. The number of hydrogen-bond acceptors (Lipinski definition) is 4. The molecule has 2 aliphatic rings. The molecule has 2 aliphatic heterocycles. The van der Waals surface area contributed by atoms with Crippen molar-refractivity contribution in [1.29, 1.82) is 0 Å². The topological polar surface area (TPSA) is 49.3 Å². The lowest BCUT2D eigenvalue weighted by atomic mass is 9.93. The van der Waals surface area contributed by atoms with E-state index in [1.165, 1.54) is 22.2 Å². The molecule has 2 fully saturated rings. The molecule has 2 atom stereocenters. The minimum Gasteiger partial charge on any atom is -0.342 e. The molecular formula is C27H34N4OS. The number of benzene rings is 2. The Balaban J connectivity index is 1.48. The van der Waals surface area contributed by atoms with Crippen LogP contribution in [-0.4, -0.2) is 58.2 Å². The van der Waals surface area contributed by atoms with Gasteiger partial charge in [0.25, 0.3) is 0 Å². The van der Waals surface area contributed by atoms with Crippen LogP contribution >= 0.6 is 11.8 Å². The highest BCUT2D eigenvalue weighted by Gasteiger charge is 2.43. The van der Waals surface area contributed by atoms with Crippen LogP contribution in [0, 0.1) is 0 Å². The molecule has 33 heavy (non-hydrogen) atoms. The van der Waals surface area contributed by atoms with E-state index in [9.17, 15) is 4.79 Å². The van der Waals surface area contributed by atoms with Gasteiger partial charge in [0, 0.05) is 49.4 Å². The average Bonchev–Trinajstić information content (AvgIpc) is 3.34. The minimum atomic E-state index is -0.390. The Labute approximate surface area is 200 Å². The molecule has 2 saturated heterocycles. The number of thioether (sulfide) groups is 1. The van der Waals surface area contributed by atoms with E-state index >= 15 is 0 Å². The second-order valence-electron chi connectivity index (χ2n) is 9.67. The van der Waals surface area contributed by atoms with E-state index < -0.39 is 0 Å². The van der Waals surface area contributed by atoms with Crippen LogP contribution in [0.2, 0.25) is 0 Å². The third-order valence-electron chi connectivity index (χ3n) is 6.98. The Bertz CT molecular complexity index is 1100. The van der Waals surface area contributed by atoms with Gasteiger partial charge in [-0.1, -0.05) is 36.4 Å². The molecule has 174 valence electrons. The first-order valence-corrected chi connectivity index (χ1v) is 13.0. The highest BCUT2D eigenvalue weighted by atomic mass is 32.2. The Hall–Kier alpha value is -2.28. The molecule has 5 rings (SSSR count). The van der Waals surface area contributed by atoms with Crippen molar-refractivity contribution >= 4 is 28.6 Å². The first-order chi connectivity index (χ1) is 16.0. The van der Waals surface area contributed by atoms with Gasteiger partial charge < -0.3 is 20.1 Å². The first-order valence-electron chi connectivity index (χ1n) is 12.1. The van der Waals surface area contributed by atoms with Crippen molar-refractivity contribution in [3.63, 3.8) is 0 Å². The van der Waals surface area contributed by atoms with Crippen molar-refractivity contribution in [3.8, 4) is 5.69 Å². The lowest BCUT2D eigenvalue weighted by Gasteiger charge is -2.29. The van der Waals surface area contributed by atoms with Gasteiger partial charge in [-0.25, -0.2) is 0 Å². The highest BCUT2D eigenvalue weighted by molar-refractivity contribution is 8.02. The van der Waals surface area contributed by atoms with E-state index in [0.717, 1.165) is 45.6 Å². The summed E-state index contributed by atoms with van der Waals surface area (Å²) < 4.78 is 1.92. The SMILES string of the molecule is CC1(C)SC(C(CCCN2CCNCC2)c2cn(-c3ccccc3)c3ccccc23)NC1=O. The number of nitrogens with zero attached hydrogens (tertiary/aromatic N) is 2. The summed E-state index contributed by atoms with van der Waals surface area (Å²) in [5, 5.41) is 8.15. The van der Waals surface area contributed by atoms with Crippen molar-refractivity contribution in [2.45, 2.75) is 42.7 Å². The lowest BCUT2D eigenvalue weighted by Crippen LogP contribution is -2.43. The fraction of sp³-hybridized carbons (Fsp3) is 0.444. The molecule has 2 aromatic carbocycles. The summed E-state index contributed by atoms with van der Waals surface area (Å²) >= 11 is 1.79. The predicted octanol–water partition coefficient (Wildman–Crippen LogP) is 4.37. The molecule has 3 aromatic rings. The molecule has 2 unspecified atom stereocenters. The van der Waals surface area contributed by atoms with Gasteiger partial charge in [-0.15, -0.1) is 11.8 Å². The molecule has 0 saturated carbocycles. The van der Waals surface area contributed by atoms with E-state index in [1.807, 2.05) is 13.8 Å². The van der Waals surface area contributed by atoms with Gasteiger partial charge in [0.2, 0.25) is 5.91 Å². The number of para-hydroxylation sites is 2. The van der Waals surface area contributed by atoms with Gasteiger partial charge in [0.15, 0.2) is 0 Å². The molecule has 2 N–H and O–H groups in total. The number of hydrogen-bond donors (Lipinski definition) is 2. The molecule has 5 nitrogen and oxygen atoms in total. The summed E-state index contributed by atoms with van der Waals surface area (Å²) in [6.07, 6.45) is 4.50. The molecule has 1 amide bonds. The number of piperazine rings is 1. The van der Waals surface area contributed by atoms with E-state index in [4.69, 9.17) is 0 Å². The third-order valence-corrected chi connectivity index (χ3v) is 8.46. The van der Waals surface area contributed by atoms with Gasteiger partial charge >= 0.3 is 0 Å². The number of amides is 1. The second-order valence-corrected chi connectivity index (χ2v) is 11.4. The first kappa shape index (κ1) is 22.5. The maximum absolute atomic E-state index is 12.7. The zero-order valence-electron chi connectivity index (χ0n) is 19.6. The van der Waals surface area contributed by atoms with Crippen molar-refractivity contribution in [3.05, 3.63) is 66.4 Å². The van der Waals surface area contributed by atoms with E-state index in [0.29, 0.717) is 0 Å². The summed E-state index contributed by atoms with van der Waals surface area (Å²) in [4.78, 5) is 15.3. The van der Waals surface area contributed by atoms with Gasteiger partial charge in [-0.3, -0.25) is 4.79 Å². The van der Waals surface area contributed by atoms with Crippen LogP contribution in [0.3, 0.4) is 0 Å². The van der Waals surface area contributed by atoms with E-state index in [-0.39, 0.29) is 21.9 Å². The van der Waals surface area contributed by atoms with Crippen molar-refractivity contribution in [2.24, 2.45) is 0 Å². The van der Waals surface area contributed by atoms with Gasteiger partial charge in [-0.05, 0) is 57.0 Å². The summed E-state index contributed by atoms with van der Waals surface area (Å²) in [5.41, 5.74) is 3.73. The third kappa shape index (κ3) is 4.70. The largest absolute Gasteiger partial charge is 0.342 e. The lowest BCUT2D eigenvalue weighted by molar-refractivity contribution is -0.122. The Morgan fingerprint density at radius 1 is 1.06 bits per heavy atom. The number of nitrogens with one attached hydrogen (secondary N) is 2. The quantitative estimate of drug-likeness (QED) is 0.548. The number of fused-ring (bicyclic) bond motifs is 1. The standard InChI is InChI=1S/C27H34N4OS/c1-27(2)26(32)29-25(33-27)22(12-8-16-30-17-14-28-15-18-30)23-19-31(20-9-4-3-5-10-20)24-13-7-6-11-21(23)24/h3-7,9-11,13,19,22,25,28H,8,12,14-18H2,1-2H3,(H,29,32). The Morgan fingerprint density at radius 2 is 1.79 bits per heavy atom. The zero-order chi connectivity index (χ0) is 22.8. The molecule has 0 radical (unpaired) electrons. The monoisotopic (exact) mass is 462 g/mol. The highest BCUT2D eigenvalue weighted by Crippen LogP contribution is 2.44. The van der Waals surface area contributed by atoms with E-state index in [2.05, 4.69) is 80.9 Å². The van der Waals surface area contributed by atoms with Gasteiger partial charge in [0.05, 0.1) is 15.6 Å². The summed E-state index contributed by atoms with van der Waals surface area (Å²) in [6.45, 7) is 9.60. The summed E-state index contributed by atoms with van der Waals surface area (Å²) in [7, 11) is 0. The fourth-order valence-electron chi connectivity index (χ4n) is 5.13. The van der Waals surface area contributed by atoms with Crippen molar-refractivity contribution in [2.75, 3.05) is 32.7 Å². The van der Waals surface area contributed by atoms with Crippen LogP contribution in [0.25, 0.3) is 16.6 Å². The Kier molecular flexibility index (Phi) is 6.50. The van der Waals surface area contributed by atoms with Crippen LogP contribution in [0.4, 0.5) is 0 Å². The van der Waals surface area contributed by atoms with E-state index in [1.54, 1.807) is 11.8 Å².